The minimum Gasteiger partial charge on any atom is -0.455 e. The molecule has 1 N–H and O–H groups in total. The summed E-state index contributed by atoms with van der Waals surface area (Å²) in [7, 11) is 0. The summed E-state index contributed by atoms with van der Waals surface area (Å²) in [6, 6.07) is 41.9. The minimum atomic E-state index is 0.880. The van der Waals surface area contributed by atoms with Crippen LogP contribution in [-0.4, -0.2) is 0 Å². The van der Waals surface area contributed by atoms with Crippen LogP contribution in [0.5, 0.6) is 0 Å². The van der Waals surface area contributed by atoms with Gasteiger partial charge in [-0.15, -0.1) is 0 Å². The van der Waals surface area contributed by atoms with Crippen LogP contribution in [0.2, 0.25) is 0 Å². The number of para-hydroxylation sites is 2. The van der Waals surface area contributed by atoms with E-state index in [2.05, 4.69) is 102 Å². The molecule has 0 fully saturated rings. The molecule has 6 rings (SSSR count). The monoisotopic (exact) mass is 411 g/mol. The molecule has 0 bridgehead atoms. The molecule has 0 amide bonds. The first-order chi connectivity index (χ1) is 15.9. The summed E-state index contributed by atoms with van der Waals surface area (Å²) in [6.07, 6.45) is 0. The zero-order valence-corrected chi connectivity index (χ0v) is 17.5. The van der Waals surface area contributed by atoms with Gasteiger partial charge in [0.05, 0.1) is 11.1 Å². The van der Waals surface area contributed by atoms with E-state index in [1.807, 2.05) is 24.3 Å². The Bertz CT molecular complexity index is 1530. The molecule has 0 spiro atoms. The normalized spacial score (nSPS) is 11.1. The highest BCUT2D eigenvalue weighted by Gasteiger charge is 2.15. The summed E-state index contributed by atoms with van der Waals surface area (Å²) in [5.74, 6) is 0. The van der Waals surface area contributed by atoms with Crippen molar-refractivity contribution < 1.29 is 4.42 Å². The molecule has 1 heterocycles. The van der Waals surface area contributed by atoms with Gasteiger partial charge in [0, 0.05) is 22.2 Å². The third kappa shape index (κ3) is 3.14. The lowest BCUT2D eigenvalue weighted by atomic mass is 10.0. The van der Waals surface area contributed by atoms with Gasteiger partial charge in [-0.2, -0.15) is 0 Å². The molecule has 0 aliphatic heterocycles. The van der Waals surface area contributed by atoms with Crippen LogP contribution in [0.3, 0.4) is 0 Å². The minimum absolute atomic E-state index is 0.880. The molecule has 0 saturated carbocycles. The zero-order valence-electron chi connectivity index (χ0n) is 17.5. The lowest BCUT2D eigenvalue weighted by Gasteiger charge is -2.13. The molecule has 2 nitrogen and oxygen atoms in total. The summed E-state index contributed by atoms with van der Waals surface area (Å²) >= 11 is 0. The molecule has 0 atom stereocenters. The van der Waals surface area contributed by atoms with Crippen LogP contribution in [0.4, 0.5) is 11.4 Å². The molecule has 5 aromatic carbocycles. The summed E-state index contributed by atoms with van der Waals surface area (Å²) < 4.78 is 6.39. The van der Waals surface area contributed by atoms with Crippen molar-refractivity contribution in [1.82, 2.24) is 0 Å². The van der Waals surface area contributed by atoms with Gasteiger partial charge < -0.3 is 9.73 Å². The molecule has 0 aliphatic rings. The van der Waals surface area contributed by atoms with Gasteiger partial charge in [0.2, 0.25) is 0 Å². The van der Waals surface area contributed by atoms with Crippen molar-refractivity contribution in [1.29, 1.82) is 0 Å². The first-order valence-electron chi connectivity index (χ1n) is 10.8. The van der Waals surface area contributed by atoms with E-state index in [-0.39, 0.29) is 0 Å². The van der Waals surface area contributed by atoms with Crippen LogP contribution in [0.25, 0.3) is 44.2 Å². The van der Waals surface area contributed by atoms with E-state index in [0.29, 0.717) is 0 Å². The molecule has 32 heavy (non-hydrogen) atoms. The summed E-state index contributed by atoms with van der Waals surface area (Å²) in [5, 5.41) is 5.90. The Morgan fingerprint density at radius 2 is 1.06 bits per heavy atom. The highest BCUT2D eigenvalue weighted by atomic mass is 16.3. The fourth-order valence-electron chi connectivity index (χ4n) is 4.40. The molecule has 6 aromatic rings. The van der Waals surface area contributed by atoms with Crippen LogP contribution in [0.15, 0.2) is 126 Å². The molecule has 1 aromatic heterocycles. The van der Waals surface area contributed by atoms with Crippen molar-refractivity contribution in [3.63, 3.8) is 0 Å². The lowest BCUT2D eigenvalue weighted by Crippen LogP contribution is -1.93. The molecule has 0 aliphatic carbocycles. The molecule has 2 heteroatoms. The number of hydrogen-bond acceptors (Lipinski definition) is 2. The van der Waals surface area contributed by atoms with Crippen LogP contribution >= 0.6 is 0 Å². The Labute approximate surface area is 186 Å². The van der Waals surface area contributed by atoms with E-state index in [0.717, 1.165) is 44.4 Å². The van der Waals surface area contributed by atoms with Gasteiger partial charge in [-0.3, -0.25) is 0 Å². The van der Waals surface area contributed by atoms with Crippen molar-refractivity contribution in [3.05, 3.63) is 121 Å². The fourth-order valence-corrected chi connectivity index (χ4v) is 4.40. The van der Waals surface area contributed by atoms with Gasteiger partial charge in [-0.25, -0.2) is 0 Å². The maximum atomic E-state index is 6.39. The molecular weight excluding hydrogens is 390 g/mol. The van der Waals surface area contributed by atoms with E-state index in [1.165, 1.54) is 11.1 Å². The predicted octanol–water partition coefficient (Wildman–Crippen LogP) is 8.66. The van der Waals surface area contributed by atoms with Crippen molar-refractivity contribution in [2.24, 2.45) is 0 Å². The molecular formula is C30H21NO. The number of benzene rings is 5. The van der Waals surface area contributed by atoms with Crippen molar-refractivity contribution >= 4 is 33.3 Å². The maximum Gasteiger partial charge on any atom is 0.143 e. The van der Waals surface area contributed by atoms with Crippen molar-refractivity contribution in [2.75, 3.05) is 5.32 Å². The van der Waals surface area contributed by atoms with E-state index in [4.69, 9.17) is 4.42 Å². The molecule has 0 unspecified atom stereocenters. The van der Waals surface area contributed by atoms with E-state index in [9.17, 15) is 0 Å². The zero-order chi connectivity index (χ0) is 21.3. The average molecular weight is 412 g/mol. The number of fused-ring (bicyclic) bond motifs is 3. The van der Waals surface area contributed by atoms with Crippen molar-refractivity contribution in [2.45, 2.75) is 0 Å². The predicted molar refractivity (Wildman–Crippen MR) is 134 cm³/mol. The van der Waals surface area contributed by atoms with Gasteiger partial charge in [-0.05, 0) is 29.3 Å². The number of hydrogen-bond donors (Lipinski definition) is 1. The third-order valence-corrected chi connectivity index (χ3v) is 5.89. The summed E-state index contributed by atoms with van der Waals surface area (Å²) in [6.45, 7) is 0. The largest absolute Gasteiger partial charge is 0.455 e. The van der Waals surface area contributed by atoms with Gasteiger partial charge >= 0.3 is 0 Å². The highest BCUT2D eigenvalue weighted by molar-refractivity contribution is 6.15. The lowest BCUT2D eigenvalue weighted by molar-refractivity contribution is 0.670. The van der Waals surface area contributed by atoms with Crippen LogP contribution in [-0.2, 0) is 0 Å². The van der Waals surface area contributed by atoms with Gasteiger partial charge in [0.25, 0.3) is 0 Å². The first-order valence-corrected chi connectivity index (χ1v) is 10.8. The van der Waals surface area contributed by atoms with Gasteiger partial charge in [0.15, 0.2) is 0 Å². The summed E-state index contributed by atoms with van der Waals surface area (Å²) in [4.78, 5) is 0. The Morgan fingerprint density at radius 1 is 0.469 bits per heavy atom. The van der Waals surface area contributed by atoms with E-state index < -0.39 is 0 Å². The van der Waals surface area contributed by atoms with Crippen LogP contribution in [0, 0.1) is 0 Å². The number of anilines is 2. The van der Waals surface area contributed by atoms with Crippen LogP contribution in [0.1, 0.15) is 0 Å². The number of furan rings is 1. The topological polar surface area (TPSA) is 25.2 Å². The van der Waals surface area contributed by atoms with Crippen LogP contribution < -0.4 is 5.32 Å². The molecule has 0 saturated heterocycles. The Hall–Kier alpha value is -4.30. The SMILES string of the molecule is c1ccc(-c2ccccc2Nc2cccc3oc4c(-c5ccccc5)cccc4c23)cc1. The van der Waals surface area contributed by atoms with E-state index in [1.54, 1.807) is 0 Å². The van der Waals surface area contributed by atoms with Gasteiger partial charge in [-0.1, -0.05) is 103 Å². The molecule has 152 valence electrons. The number of rotatable bonds is 4. The Balaban J connectivity index is 1.52. The van der Waals surface area contributed by atoms with Gasteiger partial charge in [0.1, 0.15) is 11.2 Å². The van der Waals surface area contributed by atoms with Crippen molar-refractivity contribution in [3.8, 4) is 22.3 Å². The fraction of sp³-hybridized carbons (Fsp3) is 0. The number of nitrogens with one attached hydrogen (secondary N) is 1. The maximum absolute atomic E-state index is 6.39. The van der Waals surface area contributed by atoms with E-state index >= 15 is 0 Å². The second-order valence-corrected chi connectivity index (χ2v) is 7.87. The second kappa shape index (κ2) is 7.75. The summed E-state index contributed by atoms with van der Waals surface area (Å²) in [5.41, 5.74) is 8.52. The first kappa shape index (κ1) is 18.5. The third-order valence-electron chi connectivity index (χ3n) is 5.89. The quantitative estimate of drug-likeness (QED) is 0.314. The smallest absolute Gasteiger partial charge is 0.143 e. The average Bonchev–Trinajstić information content (AvgIpc) is 3.25. The Morgan fingerprint density at radius 3 is 1.84 bits per heavy atom. The molecule has 0 radical (unpaired) electrons. The standard InChI is InChI=1S/C30H21NO/c1-3-11-21(12-4-1)23-15-7-8-18-26(23)31-27-19-10-20-28-29(27)25-17-9-16-24(30(25)32-28)22-13-5-2-6-14-22/h1-20,31H. The Kier molecular flexibility index (Phi) is 4.47. The second-order valence-electron chi connectivity index (χ2n) is 7.87. The highest BCUT2D eigenvalue weighted by Crippen LogP contribution is 2.40.